The van der Waals surface area contributed by atoms with E-state index in [0.29, 0.717) is 16.8 Å². The van der Waals surface area contributed by atoms with Gasteiger partial charge in [-0.15, -0.1) is 0 Å². The molecule has 0 unspecified atom stereocenters. The number of carbonyl (C=O) groups is 1. The molecule has 3 N–H and O–H groups in total. The lowest BCUT2D eigenvalue weighted by Gasteiger charge is -2.02. The number of furan rings is 1. The summed E-state index contributed by atoms with van der Waals surface area (Å²) < 4.78 is 4.88. The molecule has 4 heteroatoms. The molecule has 0 aliphatic carbocycles. The number of nitrogens with two attached hydrogens (primary N) is 1. The van der Waals surface area contributed by atoms with Gasteiger partial charge in [0.1, 0.15) is 11.8 Å². The van der Waals surface area contributed by atoms with Crippen molar-refractivity contribution in [2.24, 2.45) is 0 Å². The first-order valence-corrected chi connectivity index (χ1v) is 4.34. The average molecular weight is 203 g/mol. The van der Waals surface area contributed by atoms with E-state index >= 15 is 0 Å². The van der Waals surface area contributed by atoms with Gasteiger partial charge in [-0.2, -0.15) is 0 Å². The van der Waals surface area contributed by atoms with E-state index in [1.165, 1.54) is 12.5 Å². The number of carboxylic acid groups (broad SMARTS) is 1. The third-order valence-corrected chi connectivity index (χ3v) is 2.14. The van der Waals surface area contributed by atoms with Gasteiger partial charge in [0.15, 0.2) is 0 Å². The molecular formula is C11H9NO3. The first-order valence-electron chi connectivity index (χ1n) is 4.34. The second kappa shape index (κ2) is 3.49. The fourth-order valence-corrected chi connectivity index (χ4v) is 1.41. The summed E-state index contributed by atoms with van der Waals surface area (Å²) in [6.07, 6.45) is 2.58. The third-order valence-electron chi connectivity index (χ3n) is 2.14. The standard InChI is InChI=1S/C11H9NO3/c12-10-4-2-1-3-7(10)8-5-15-6-9(8)11(13)14/h1-6H,12H2,(H,13,14). The fraction of sp³-hybridized carbons (Fsp3) is 0. The molecule has 1 aromatic heterocycles. The van der Waals surface area contributed by atoms with Crippen LogP contribution in [0, 0.1) is 0 Å². The normalized spacial score (nSPS) is 10.1. The number of rotatable bonds is 2. The maximum Gasteiger partial charge on any atom is 0.339 e. The summed E-state index contributed by atoms with van der Waals surface area (Å²) in [6.45, 7) is 0. The molecule has 76 valence electrons. The van der Waals surface area contributed by atoms with Crippen molar-refractivity contribution < 1.29 is 14.3 Å². The molecule has 0 bridgehead atoms. The number of hydrogen-bond donors (Lipinski definition) is 2. The van der Waals surface area contributed by atoms with E-state index in [0.717, 1.165) is 0 Å². The van der Waals surface area contributed by atoms with E-state index in [1.54, 1.807) is 24.3 Å². The van der Waals surface area contributed by atoms with Crippen LogP contribution in [0.25, 0.3) is 11.1 Å². The predicted molar refractivity (Wildman–Crippen MR) is 55.5 cm³/mol. The summed E-state index contributed by atoms with van der Waals surface area (Å²) in [5, 5.41) is 8.91. The first kappa shape index (κ1) is 9.33. The van der Waals surface area contributed by atoms with E-state index in [9.17, 15) is 4.79 Å². The van der Waals surface area contributed by atoms with Gasteiger partial charge < -0.3 is 15.3 Å². The molecule has 0 fully saturated rings. The van der Waals surface area contributed by atoms with Crippen molar-refractivity contribution in [1.82, 2.24) is 0 Å². The van der Waals surface area contributed by atoms with E-state index in [4.69, 9.17) is 15.3 Å². The van der Waals surface area contributed by atoms with Crippen LogP contribution in [0.3, 0.4) is 0 Å². The summed E-state index contributed by atoms with van der Waals surface area (Å²) >= 11 is 0. The van der Waals surface area contributed by atoms with E-state index in [1.807, 2.05) is 0 Å². The molecule has 0 radical (unpaired) electrons. The zero-order valence-electron chi connectivity index (χ0n) is 7.81. The van der Waals surface area contributed by atoms with Crippen molar-refractivity contribution in [1.29, 1.82) is 0 Å². The number of carboxylic acids is 1. The SMILES string of the molecule is Nc1ccccc1-c1cocc1C(=O)O. The Labute approximate surface area is 85.9 Å². The monoisotopic (exact) mass is 203 g/mol. The van der Waals surface area contributed by atoms with E-state index in [-0.39, 0.29) is 5.56 Å². The van der Waals surface area contributed by atoms with Gasteiger partial charge in [0, 0.05) is 16.8 Å². The minimum absolute atomic E-state index is 0.118. The third kappa shape index (κ3) is 1.57. The molecule has 1 heterocycles. The van der Waals surface area contributed by atoms with E-state index < -0.39 is 5.97 Å². The van der Waals surface area contributed by atoms with Crippen molar-refractivity contribution in [3.63, 3.8) is 0 Å². The summed E-state index contributed by atoms with van der Waals surface area (Å²) in [5.74, 6) is -1.03. The molecule has 4 nitrogen and oxygen atoms in total. The molecule has 0 spiro atoms. The second-order valence-electron chi connectivity index (χ2n) is 3.09. The molecule has 15 heavy (non-hydrogen) atoms. The van der Waals surface area contributed by atoms with Gasteiger partial charge >= 0.3 is 5.97 Å². The predicted octanol–water partition coefficient (Wildman–Crippen LogP) is 2.23. The zero-order chi connectivity index (χ0) is 10.8. The number of hydrogen-bond acceptors (Lipinski definition) is 3. The minimum atomic E-state index is -1.03. The van der Waals surface area contributed by atoms with Gasteiger partial charge in [-0.1, -0.05) is 18.2 Å². The fourth-order valence-electron chi connectivity index (χ4n) is 1.41. The lowest BCUT2D eigenvalue weighted by Crippen LogP contribution is -1.97. The lowest BCUT2D eigenvalue weighted by atomic mass is 10.0. The summed E-state index contributed by atoms with van der Waals surface area (Å²) in [6, 6.07) is 7.06. The Bertz CT molecular complexity index is 502. The highest BCUT2D eigenvalue weighted by molar-refractivity contribution is 5.97. The summed E-state index contributed by atoms with van der Waals surface area (Å²) in [7, 11) is 0. The van der Waals surface area contributed by atoms with E-state index in [2.05, 4.69) is 0 Å². The van der Waals surface area contributed by atoms with Crippen molar-refractivity contribution in [3.05, 3.63) is 42.4 Å². The van der Waals surface area contributed by atoms with Crippen LogP contribution in [0.15, 0.2) is 41.2 Å². The van der Waals surface area contributed by atoms with Crippen LogP contribution < -0.4 is 5.73 Å². The van der Waals surface area contributed by atoms with Crippen molar-refractivity contribution in [2.45, 2.75) is 0 Å². The highest BCUT2D eigenvalue weighted by Crippen LogP contribution is 2.29. The molecule has 0 aliphatic heterocycles. The van der Waals surface area contributed by atoms with Crippen LogP contribution in [-0.2, 0) is 0 Å². The molecule has 0 saturated carbocycles. The van der Waals surface area contributed by atoms with Crippen LogP contribution in [0.2, 0.25) is 0 Å². The van der Waals surface area contributed by atoms with Crippen LogP contribution in [0.4, 0.5) is 5.69 Å². The minimum Gasteiger partial charge on any atom is -0.478 e. The molecule has 0 amide bonds. The number of aromatic carboxylic acids is 1. The number of anilines is 1. The largest absolute Gasteiger partial charge is 0.478 e. The van der Waals surface area contributed by atoms with Crippen LogP contribution >= 0.6 is 0 Å². The number of benzene rings is 1. The Hall–Kier alpha value is -2.23. The molecule has 0 atom stereocenters. The molecule has 2 rings (SSSR count). The van der Waals surface area contributed by atoms with Crippen LogP contribution in [-0.4, -0.2) is 11.1 Å². The smallest absolute Gasteiger partial charge is 0.339 e. The van der Waals surface area contributed by atoms with Crippen molar-refractivity contribution in [3.8, 4) is 11.1 Å². The van der Waals surface area contributed by atoms with Gasteiger partial charge in [-0.25, -0.2) is 4.79 Å². The Balaban J connectivity index is 2.59. The lowest BCUT2D eigenvalue weighted by molar-refractivity contribution is 0.0697. The zero-order valence-corrected chi connectivity index (χ0v) is 7.81. The maximum absolute atomic E-state index is 10.9. The summed E-state index contributed by atoms with van der Waals surface area (Å²) in [5.41, 5.74) is 7.56. The van der Waals surface area contributed by atoms with Crippen molar-refractivity contribution >= 4 is 11.7 Å². The molecule has 0 saturated heterocycles. The molecule has 0 aliphatic rings. The van der Waals surface area contributed by atoms with Gasteiger partial charge in [0.2, 0.25) is 0 Å². The molecule has 1 aromatic carbocycles. The quantitative estimate of drug-likeness (QED) is 0.733. The topological polar surface area (TPSA) is 76.5 Å². The maximum atomic E-state index is 10.9. The van der Waals surface area contributed by atoms with Gasteiger partial charge in [-0.05, 0) is 6.07 Å². The Morgan fingerprint density at radius 1 is 1.20 bits per heavy atom. The first-order chi connectivity index (χ1) is 7.20. The van der Waals surface area contributed by atoms with Crippen LogP contribution in [0.5, 0.6) is 0 Å². The second-order valence-corrected chi connectivity index (χ2v) is 3.09. The summed E-state index contributed by atoms with van der Waals surface area (Å²) in [4.78, 5) is 10.9. The Morgan fingerprint density at radius 2 is 1.93 bits per heavy atom. The van der Waals surface area contributed by atoms with Crippen LogP contribution in [0.1, 0.15) is 10.4 Å². The van der Waals surface area contributed by atoms with Gasteiger partial charge in [0.25, 0.3) is 0 Å². The molecule has 2 aromatic rings. The van der Waals surface area contributed by atoms with Gasteiger partial charge in [-0.3, -0.25) is 0 Å². The highest BCUT2D eigenvalue weighted by Gasteiger charge is 2.15. The van der Waals surface area contributed by atoms with Crippen molar-refractivity contribution in [2.75, 3.05) is 5.73 Å². The van der Waals surface area contributed by atoms with Gasteiger partial charge in [0.05, 0.1) is 6.26 Å². The Morgan fingerprint density at radius 3 is 2.60 bits per heavy atom. The highest BCUT2D eigenvalue weighted by atomic mass is 16.4. The molecular weight excluding hydrogens is 194 g/mol. The number of para-hydroxylation sites is 1. The number of nitrogen functional groups attached to an aromatic ring is 1. The average Bonchev–Trinajstić information content (AvgIpc) is 2.67. The Kier molecular flexibility index (Phi) is 2.17.